The van der Waals surface area contributed by atoms with Crippen molar-refractivity contribution < 1.29 is 14.7 Å². The average molecular weight is 256 g/mol. The first kappa shape index (κ1) is 15.0. The van der Waals surface area contributed by atoms with Crippen LogP contribution in [-0.4, -0.2) is 29.1 Å². The molecule has 18 heavy (non-hydrogen) atoms. The van der Waals surface area contributed by atoms with Gasteiger partial charge in [0.05, 0.1) is 0 Å². The van der Waals surface area contributed by atoms with Gasteiger partial charge in [-0.05, 0) is 37.5 Å². The summed E-state index contributed by atoms with van der Waals surface area (Å²) in [6.45, 7) is 4.48. The molecule has 0 aliphatic heterocycles. The minimum Gasteiger partial charge on any atom is -0.480 e. The summed E-state index contributed by atoms with van der Waals surface area (Å²) in [6.07, 6.45) is 4.58. The van der Waals surface area contributed by atoms with Gasteiger partial charge in [0, 0.05) is 12.5 Å². The van der Waals surface area contributed by atoms with Crippen molar-refractivity contribution in [2.75, 3.05) is 0 Å². The quantitative estimate of drug-likeness (QED) is 0.667. The monoisotopic (exact) mass is 256 g/mol. The normalized spacial score (nSPS) is 21.4. The molecule has 0 radical (unpaired) electrons. The molecule has 1 aliphatic carbocycles. The van der Waals surface area contributed by atoms with Crippen LogP contribution < -0.4 is 11.1 Å². The topological polar surface area (TPSA) is 92.4 Å². The zero-order chi connectivity index (χ0) is 13.8. The van der Waals surface area contributed by atoms with Crippen LogP contribution in [0.3, 0.4) is 0 Å². The van der Waals surface area contributed by atoms with Gasteiger partial charge in [0.15, 0.2) is 0 Å². The zero-order valence-electron chi connectivity index (χ0n) is 11.2. The van der Waals surface area contributed by atoms with Gasteiger partial charge in [0.25, 0.3) is 0 Å². The first-order chi connectivity index (χ1) is 8.30. The number of carboxylic acids is 1. The second kappa shape index (κ2) is 6.18. The molecule has 1 aliphatic rings. The molecule has 0 unspecified atom stereocenters. The zero-order valence-corrected chi connectivity index (χ0v) is 11.2. The maximum atomic E-state index is 11.1. The number of carbonyl (C=O) groups is 2. The minimum absolute atomic E-state index is 0.113. The van der Waals surface area contributed by atoms with Crippen molar-refractivity contribution in [1.82, 2.24) is 5.32 Å². The fourth-order valence-electron chi connectivity index (χ4n) is 2.42. The van der Waals surface area contributed by atoms with Crippen molar-refractivity contribution in [2.24, 2.45) is 11.1 Å². The number of rotatable bonds is 6. The van der Waals surface area contributed by atoms with Crippen LogP contribution in [0.1, 0.15) is 52.4 Å². The van der Waals surface area contributed by atoms with Gasteiger partial charge in [-0.2, -0.15) is 0 Å². The van der Waals surface area contributed by atoms with Crippen molar-refractivity contribution in [3.05, 3.63) is 0 Å². The lowest BCUT2D eigenvalue weighted by Crippen LogP contribution is -2.46. The first-order valence-corrected chi connectivity index (χ1v) is 6.57. The molecule has 0 heterocycles. The van der Waals surface area contributed by atoms with Crippen molar-refractivity contribution >= 4 is 11.9 Å². The van der Waals surface area contributed by atoms with Crippen LogP contribution in [0.4, 0.5) is 0 Å². The predicted octanol–water partition coefficient (Wildman–Crippen LogP) is 1.26. The Morgan fingerprint density at radius 3 is 2.39 bits per heavy atom. The Hall–Kier alpha value is -1.10. The smallest absolute Gasteiger partial charge is 0.320 e. The van der Waals surface area contributed by atoms with Crippen LogP contribution in [0.2, 0.25) is 0 Å². The number of aliphatic carboxylic acids is 1. The number of amides is 1. The number of hydrogen-bond acceptors (Lipinski definition) is 3. The summed E-state index contributed by atoms with van der Waals surface area (Å²) in [5.41, 5.74) is 5.42. The van der Waals surface area contributed by atoms with Gasteiger partial charge in [-0.25, -0.2) is 0 Å². The SMILES string of the molecule is CC1(C)CCC(N[C@@H](CCC(N)=O)C(=O)O)CC1. The number of nitrogens with one attached hydrogen (secondary N) is 1. The molecule has 0 spiro atoms. The molecular formula is C13H24N2O3. The molecule has 5 nitrogen and oxygen atoms in total. The molecule has 0 aromatic carbocycles. The van der Waals surface area contributed by atoms with Gasteiger partial charge in [-0.15, -0.1) is 0 Å². The number of carboxylic acid groups (broad SMARTS) is 1. The van der Waals surface area contributed by atoms with Crippen molar-refractivity contribution in [2.45, 2.75) is 64.5 Å². The van der Waals surface area contributed by atoms with Gasteiger partial charge >= 0.3 is 5.97 Å². The van der Waals surface area contributed by atoms with Crippen LogP contribution in [0.5, 0.6) is 0 Å². The van der Waals surface area contributed by atoms with E-state index in [-0.39, 0.29) is 18.9 Å². The molecule has 0 aromatic rings. The number of primary amides is 1. The van der Waals surface area contributed by atoms with E-state index in [4.69, 9.17) is 10.8 Å². The Morgan fingerprint density at radius 1 is 1.39 bits per heavy atom. The fourth-order valence-corrected chi connectivity index (χ4v) is 2.42. The Kier molecular flexibility index (Phi) is 5.14. The molecule has 1 atom stereocenters. The highest BCUT2D eigenvalue weighted by Crippen LogP contribution is 2.35. The highest BCUT2D eigenvalue weighted by Gasteiger charge is 2.29. The van der Waals surface area contributed by atoms with Crippen LogP contribution >= 0.6 is 0 Å². The minimum atomic E-state index is -0.902. The number of carbonyl (C=O) groups excluding carboxylic acids is 1. The van der Waals surface area contributed by atoms with E-state index in [1.54, 1.807) is 0 Å². The van der Waals surface area contributed by atoms with Crippen molar-refractivity contribution in [3.63, 3.8) is 0 Å². The summed E-state index contributed by atoms with van der Waals surface area (Å²) in [5.74, 6) is -1.35. The van der Waals surface area contributed by atoms with Gasteiger partial charge in [-0.3, -0.25) is 9.59 Å². The lowest BCUT2D eigenvalue weighted by molar-refractivity contribution is -0.140. The second-order valence-corrected chi connectivity index (χ2v) is 6.00. The van der Waals surface area contributed by atoms with E-state index in [2.05, 4.69) is 19.2 Å². The maximum absolute atomic E-state index is 11.1. The molecular weight excluding hydrogens is 232 g/mol. The van der Waals surface area contributed by atoms with Gasteiger partial charge < -0.3 is 16.2 Å². The molecule has 0 saturated heterocycles. The summed E-state index contributed by atoms with van der Waals surface area (Å²) < 4.78 is 0. The maximum Gasteiger partial charge on any atom is 0.320 e. The predicted molar refractivity (Wildman–Crippen MR) is 69.0 cm³/mol. The van der Waals surface area contributed by atoms with Crippen LogP contribution in [0, 0.1) is 5.41 Å². The second-order valence-electron chi connectivity index (χ2n) is 6.00. The Balaban J connectivity index is 2.42. The highest BCUT2D eigenvalue weighted by atomic mass is 16.4. The molecule has 1 saturated carbocycles. The largest absolute Gasteiger partial charge is 0.480 e. The van der Waals surface area contributed by atoms with E-state index in [1.807, 2.05) is 0 Å². The summed E-state index contributed by atoms with van der Waals surface area (Å²) in [6, 6.07) is -0.421. The summed E-state index contributed by atoms with van der Waals surface area (Å²) in [7, 11) is 0. The van der Waals surface area contributed by atoms with E-state index in [1.165, 1.54) is 0 Å². The van der Waals surface area contributed by atoms with Crippen LogP contribution in [-0.2, 0) is 9.59 Å². The van der Waals surface area contributed by atoms with Gasteiger partial charge in [0.1, 0.15) is 6.04 Å². The van der Waals surface area contributed by atoms with Crippen LogP contribution in [0.15, 0.2) is 0 Å². The number of hydrogen-bond donors (Lipinski definition) is 3. The molecule has 1 fully saturated rings. The molecule has 5 heteroatoms. The van der Waals surface area contributed by atoms with Gasteiger partial charge in [-0.1, -0.05) is 13.8 Å². The third-order valence-corrected chi connectivity index (χ3v) is 3.75. The molecule has 104 valence electrons. The first-order valence-electron chi connectivity index (χ1n) is 6.57. The van der Waals surface area contributed by atoms with Crippen LogP contribution in [0.25, 0.3) is 0 Å². The summed E-state index contributed by atoms with van der Waals surface area (Å²) >= 11 is 0. The third kappa shape index (κ3) is 5.04. The Bertz CT molecular complexity index is 305. The molecule has 1 amide bonds. The van der Waals surface area contributed by atoms with E-state index in [9.17, 15) is 9.59 Å². The highest BCUT2D eigenvalue weighted by molar-refractivity contribution is 5.77. The fraction of sp³-hybridized carbons (Fsp3) is 0.846. The molecule has 0 bridgehead atoms. The molecule has 0 aromatic heterocycles. The lowest BCUT2D eigenvalue weighted by atomic mass is 9.75. The van der Waals surface area contributed by atoms with E-state index < -0.39 is 17.9 Å². The third-order valence-electron chi connectivity index (χ3n) is 3.75. The Morgan fingerprint density at radius 2 is 1.94 bits per heavy atom. The Labute approximate surface area is 108 Å². The summed E-state index contributed by atoms with van der Waals surface area (Å²) in [5, 5.41) is 12.2. The van der Waals surface area contributed by atoms with E-state index in [0.717, 1.165) is 25.7 Å². The molecule has 1 rings (SSSR count). The summed E-state index contributed by atoms with van der Waals surface area (Å²) in [4.78, 5) is 21.8. The standard InChI is InChI=1S/C13H24N2O3/c1-13(2)7-5-9(6-8-13)15-10(12(17)18)3-4-11(14)16/h9-10,15H,3-8H2,1-2H3,(H2,14,16)(H,17,18)/t10-/m0/s1. The lowest BCUT2D eigenvalue weighted by Gasteiger charge is -2.35. The van der Waals surface area contributed by atoms with E-state index >= 15 is 0 Å². The molecule has 4 N–H and O–H groups in total. The number of nitrogens with two attached hydrogens (primary N) is 1. The van der Waals surface area contributed by atoms with Gasteiger partial charge in [0.2, 0.25) is 5.91 Å². The van der Waals surface area contributed by atoms with Crippen molar-refractivity contribution in [1.29, 1.82) is 0 Å². The van der Waals surface area contributed by atoms with Crippen molar-refractivity contribution in [3.8, 4) is 0 Å². The average Bonchev–Trinajstić information content (AvgIpc) is 2.25. The van der Waals surface area contributed by atoms with E-state index in [0.29, 0.717) is 5.41 Å².